The summed E-state index contributed by atoms with van der Waals surface area (Å²) in [6.07, 6.45) is 3.76. The Morgan fingerprint density at radius 1 is 1.40 bits per heavy atom. The van der Waals surface area contributed by atoms with Gasteiger partial charge in [-0.3, -0.25) is 0 Å². The van der Waals surface area contributed by atoms with Gasteiger partial charge in [0.15, 0.2) is 0 Å². The molecule has 2 heteroatoms. The van der Waals surface area contributed by atoms with E-state index in [1.165, 1.54) is 38.9 Å². The minimum absolute atomic E-state index is 0.431. The maximum absolute atomic E-state index is 6.02. The third-order valence-electron chi connectivity index (χ3n) is 4.12. The van der Waals surface area contributed by atoms with Crippen LogP contribution < -0.4 is 5.73 Å². The summed E-state index contributed by atoms with van der Waals surface area (Å²) < 4.78 is 0. The molecule has 2 atom stereocenters. The van der Waals surface area contributed by atoms with Gasteiger partial charge in [0.25, 0.3) is 0 Å². The second-order valence-corrected chi connectivity index (χ2v) is 6.00. The molecule has 0 bridgehead atoms. The Kier molecular flexibility index (Phi) is 4.60. The van der Waals surface area contributed by atoms with Crippen LogP contribution in [0, 0.1) is 11.3 Å². The van der Waals surface area contributed by atoms with Crippen LogP contribution in [0.2, 0.25) is 0 Å². The zero-order valence-electron chi connectivity index (χ0n) is 10.9. The Bertz CT molecular complexity index is 189. The molecule has 1 fully saturated rings. The van der Waals surface area contributed by atoms with Gasteiger partial charge in [0.2, 0.25) is 0 Å². The fourth-order valence-corrected chi connectivity index (χ4v) is 2.09. The molecule has 90 valence electrons. The van der Waals surface area contributed by atoms with Gasteiger partial charge in [-0.05, 0) is 37.3 Å². The number of nitrogens with two attached hydrogens (primary N) is 1. The van der Waals surface area contributed by atoms with Crippen molar-refractivity contribution in [3.8, 4) is 0 Å². The number of nitrogens with zero attached hydrogens (tertiary/aromatic N) is 1. The molecule has 0 aromatic heterocycles. The highest BCUT2D eigenvalue weighted by Gasteiger charge is 2.24. The van der Waals surface area contributed by atoms with Crippen LogP contribution in [0.5, 0.6) is 0 Å². The summed E-state index contributed by atoms with van der Waals surface area (Å²) in [5.41, 5.74) is 6.52. The summed E-state index contributed by atoms with van der Waals surface area (Å²) in [6.45, 7) is 12.9. The molecule has 0 saturated carbocycles. The van der Waals surface area contributed by atoms with E-state index in [2.05, 4.69) is 32.6 Å². The van der Waals surface area contributed by atoms with E-state index >= 15 is 0 Å². The summed E-state index contributed by atoms with van der Waals surface area (Å²) in [6, 6.07) is 0.431. The van der Waals surface area contributed by atoms with Crippen molar-refractivity contribution < 1.29 is 0 Å². The molecule has 0 aromatic rings. The molecule has 1 heterocycles. The SMILES string of the molecule is CCC(C)(C)CCN1CCC(N)C(C)C1. The maximum Gasteiger partial charge on any atom is 0.00889 e. The average molecular weight is 212 g/mol. The molecule has 1 aliphatic rings. The fraction of sp³-hybridized carbons (Fsp3) is 1.00. The van der Waals surface area contributed by atoms with Crippen LogP contribution in [-0.2, 0) is 0 Å². The van der Waals surface area contributed by atoms with E-state index in [-0.39, 0.29) is 0 Å². The Morgan fingerprint density at radius 2 is 2.07 bits per heavy atom. The van der Waals surface area contributed by atoms with Crippen molar-refractivity contribution in [2.24, 2.45) is 17.1 Å². The van der Waals surface area contributed by atoms with Crippen molar-refractivity contribution >= 4 is 0 Å². The van der Waals surface area contributed by atoms with Gasteiger partial charge in [0, 0.05) is 12.6 Å². The summed E-state index contributed by atoms with van der Waals surface area (Å²) in [5.74, 6) is 0.670. The molecule has 0 aromatic carbocycles. The first-order chi connectivity index (χ1) is 6.94. The van der Waals surface area contributed by atoms with Crippen molar-refractivity contribution in [1.29, 1.82) is 0 Å². The lowest BCUT2D eigenvalue weighted by Crippen LogP contribution is -2.46. The Labute approximate surface area is 95.2 Å². The number of hydrogen-bond acceptors (Lipinski definition) is 2. The Balaban J connectivity index is 2.28. The number of hydrogen-bond donors (Lipinski definition) is 1. The molecule has 0 aliphatic carbocycles. The molecular weight excluding hydrogens is 184 g/mol. The Morgan fingerprint density at radius 3 is 2.60 bits per heavy atom. The van der Waals surface area contributed by atoms with Crippen molar-refractivity contribution in [3.63, 3.8) is 0 Å². The fourth-order valence-electron chi connectivity index (χ4n) is 2.09. The average Bonchev–Trinajstić information content (AvgIpc) is 2.20. The molecule has 2 N–H and O–H groups in total. The van der Waals surface area contributed by atoms with E-state index in [0.717, 1.165) is 0 Å². The van der Waals surface area contributed by atoms with E-state index in [9.17, 15) is 0 Å². The molecule has 1 saturated heterocycles. The first kappa shape index (κ1) is 13.0. The second kappa shape index (κ2) is 5.31. The zero-order chi connectivity index (χ0) is 11.5. The minimum atomic E-state index is 0.431. The minimum Gasteiger partial charge on any atom is -0.327 e. The van der Waals surface area contributed by atoms with Gasteiger partial charge in [0.05, 0.1) is 0 Å². The molecule has 1 aliphatic heterocycles. The van der Waals surface area contributed by atoms with Gasteiger partial charge in [-0.15, -0.1) is 0 Å². The van der Waals surface area contributed by atoms with Crippen LogP contribution in [0.3, 0.4) is 0 Å². The number of likely N-dealkylation sites (tertiary alicyclic amines) is 1. The highest BCUT2D eigenvalue weighted by atomic mass is 15.1. The smallest absolute Gasteiger partial charge is 0.00889 e. The predicted octanol–water partition coefficient (Wildman–Crippen LogP) is 2.48. The van der Waals surface area contributed by atoms with Crippen LogP contribution in [0.4, 0.5) is 0 Å². The Hall–Kier alpha value is -0.0800. The third kappa shape index (κ3) is 4.12. The highest BCUT2D eigenvalue weighted by Crippen LogP contribution is 2.25. The number of rotatable bonds is 4. The van der Waals surface area contributed by atoms with Crippen molar-refractivity contribution in [3.05, 3.63) is 0 Å². The van der Waals surface area contributed by atoms with Crippen LogP contribution >= 0.6 is 0 Å². The van der Waals surface area contributed by atoms with Crippen molar-refractivity contribution in [1.82, 2.24) is 4.90 Å². The van der Waals surface area contributed by atoms with E-state index < -0.39 is 0 Å². The molecule has 2 unspecified atom stereocenters. The van der Waals surface area contributed by atoms with Crippen LogP contribution in [0.1, 0.15) is 47.0 Å². The monoisotopic (exact) mass is 212 g/mol. The summed E-state index contributed by atoms with van der Waals surface area (Å²) in [7, 11) is 0. The van der Waals surface area contributed by atoms with E-state index in [0.29, 0.717) is 17.4 Å². The zero-order valence-corrected chi connectivity index (χ0v) is 10.9. The van der Waals surface area contributed by atoms with Gasteiger partial charge < -0.3 is 10.6 Å². The van der Waals surface area contributed by atoms with Crippen LogP contribution in [0.25, 0.3) is 0 Å². The van der Waals surface area contributed by atoms with Crippen LogP contribution in [0.15, 0.2) is 0 Å². The molecule has 0 amide bonds. The maximum atomic E-state index is 6.02. The molecule has 0 radical (unpaired) electrons. The summed E-state index contributed by atoms with van der Waals surface area (Å²) in [4.78, 5) is 2.59. The summed E-state index contributed by atoms with van der Waals surface area (Å²) >= 11 is 0. The first-order valence-electron chi connectivity index (χ1n) is 6.42. The molecule has 0 spiro atoms. The van der Waals surface area contributed by atoms with Gasteiger partial charge in [-0.25, -0.2) is 0 Å². The lowest BCUT2D eigenvalue weighted by molar-refractivity contribution is 0.142. The van der Waals surface area contributed by atoms with E-state index in [1.807, 2.05) is 0 Å². The van der Waals surface area contributed by atoms with Crippen molar-refractivity contribution in [2.45, 2.75) is 53.0 Å². The standard InChI is InChI=1S/C13H28N2/c1-5-13(3,4)7-9-15-8-6-12(14)11(2)10-15/h11-12H,5-10,14H2,1-4H3. The molecule has 1 rings (SSSR count). The van der Waals surface area contributed by atoms with E-state index in [1.54, 1.807) is 0 Å². The molecule has 15 heavy (non-hydrogen) atoms. The topological polar surface area (TPSA) is 29.3 Å². The quantitative estimate of drug-likeness (QED) is 0.776. The lowest BCUT2D eigenvalue weighted by atomic mass is 9.85. The largest absolute Gasteiger partial charge is 0.327 e. The van der Waals surface area contributed by atoms with Gasteiger partial charge in [-0.2, -0.15) is 0 Å². The van der Waals surface area contributed by atoms with Crippen molar-refractivity contribution in [2.75, 3.05) is 19.6 Å². The lowest BCUT2D eigenvalue weighted by Gasteiger charge is -2.36. The van der Waals surface area contributed by atoms with E-state index in [4.69, 9.17) is 5.73 Å². The normalized spacial score (nSPS) is 29.4. The van der Waals surface area contributed by atoms with Gasteiger partial charge in [0.1, 0.15) is 0 Å². The first-order valence-corrected chi connectivity index (χ1v) is 6.42. The highest BCUT2D eigenvalue weighted by molar-refractivity contribution is 4.81. The molecule has 2 nitrogen and oxygen atoms in total. The predicted molar refractivity (Wildman–Crippen MR) is 66.9 cm³/mol. The van der Waals surface area contributed by atoms with Crippen LogP contribution in [-0.4, -0.2) is 30.6 Å². The third-order valence-corrected chi connectivity index (χ3v) is 4.12. The molecular formula is C13H28N2. The number of piperidine rings is 1. The summed E-state index contributed by atoms with van der Waals surface area (Å²) in [5, 5.41) is 0. The van der Waals surface area contributed by atoms with Gasteiger partial charge in [-0.1, -0.05) is 34.1 Å². The second-order valence-electron chi connectivity index (χ2n) is 6.00. The van der Waals surface area contributed by atoms with Gasteiger partial charge >= 0.3 is 0 Å².